The molecule has 0 N–H and O–H groups in total. The number of halogens is 1. The molecule has 2 fully saturated rings. The van der Waals surface area contributed by atoms with Crippen LogP contribution in [0.25, 0.3) is 0 Å². The van der Waals surface area contributed by atoms with E-state index >= 15 is 0 Å². The van der Waals surface area contributed by atoms with Crippen molar-refractivity contribution in [2.24, 2.45) is 0 Å². The van der Waals surface area contributed by atoms with Crippen LogP contribution in [0.4, 0.5) is 4.39 Å². The van der Waals surface area contributed by atoms with Crippen LogP contribution in [0.15, 0.2) is 29.2 Å². The zero-order chi connectivity index (χ0) is 19.8. The summed E-state index contributed by atoms with van der Waals surface area (Å²) in [6.07, 6.45) is -0.382. The molecule has 11 heteroatoms. The first kappa shape index (κ1) is 20.6. The van der Waals surface area contributed by atoms with Gasteiger partial charge in [0.25, 0.3) is 10.2 Å². The van der Waals surface area contributed by atoms with Gasteiger partial charge in [0.1, 0.15) is 5.82 Å². The second-order valence-corrected chi connectivity index (χ2v) is 10.7. The monoisotopic (exact) mass is 421 g/mol. The third kappa shape index (κ3) is 4.33. The molecule has 3 rings (SSSR count). The van der Waals surface area contributed by atoms with Crippen LogP contribution in [-0.2, 0) is 25.0 Å². The fourth-order valence-corrected chi connectivity index (χ4v) is 6.55. The molecule has 0 amide bonds. The van der Waals surface area contributed by atoms with Crippen LogP contribution in [0.1, 0.15) is 13.8 Å². The minimum Gasteiger partial charge on any atom is -0.373 e. The van der Waals surface area contributed by atoms with Gasteiger partial charge in [0.15, 0.2) is 0 Å². The van der Waals surface area contributed by atoms with Crippen LogP contribution >= 0.6 is 0 Å². The zero-order valence-electron chi connectivity index (χ0n) is 15.3. The summed E-state index contributed by atoms with van der Waals surface area (Å²) in [5.74, 6) is -0.515. The summed E-state index contributed by atoms with van der Waals surface area (Å²) < 4.78 is 73.6. The Kier molecular flexibility index (Phi) is 5.90. The topological polar surface area (TPSA) is 87.2 Å². The van der Waals surface area contributed by atoms with Gasteiger partial charge >= 0.3 is 0 Å². The van der Waals surface area contributed by atoms with Crippen LogP contribution in [0.3, 0.4) is 0 Å². The van der Waals surface area contributed by atoms with Gasteiger partial charge < -0.3 is 4.74 Å². The van der Waals surface area contributed by atoms with Crippen molar-refractivity contribution < 1.29 is 26.0 Å². The van der Waals surface area contributed by atoms with E-state index in [0.29, 0.717) is 0 Å². The van der Waals surface area contributed by atoms with Gasteiger partial charge in [-0.3, -0.25) is 0 Å². The van der Waals surface area contributed by atoms with Gasteiger partial charge in [0, 0.05) is 39.3 Å². The molecule has 2 aliphatic rings. The predicted molar refractivity (Wildman–Crippen MR) is 97.2 cm³/mol. The summed E-state index contributed by atoms with van der Waals surface area (Å²) in [6.45, 7) is 4.45. The summed E-state index contributed by atoms with van der Waals surface area (Å²) in [6, 6.07) is 4.61. The van der Waals surface area contributed by atoms with E-state index in [2.05, 4.69) is 0 Å². The fraction of sp³-hybridized carbons (Fsp3) is 0.625. The molecule has 2 aliphatic heterocycles. The lowest BCUT2D eigenvalue weighted by Crippen LogP contribution is -2.57. The molecular formula is C16H24FN3O5S2. The lowest BCUT2D eigenvalue weighted by atomic mass is 10.3. The summed E-state index contributed by atoms with van der Waals surface area (Å²) in [5, 5.41) is 0. The molecule has 0 bridgehead atoms. The molecule has 8 nitrogen and oxygen atoms in total. The molecule has 2 atom stereocenters. The largest absolute Gasteiger partial charge is 0.373 e. The number of sulfonamides is 1. The summed E-state index contributed by atoms with van der Waals surface area (Å²) in [5.41, 5.74) is 0. The standard InChI is InChI=1S/C16H24FN3O5S2/c1-13-11-20(12-14(2)25-13)27(23,24)19-9-7-18(8-10-19)26(21,22)16-5-3-15(17)4-6-16/h3-6,13-14H,7-12H2,1-2H3/t13-,14-/m0/s1. The highest BCUT2D eigenvalue weighted by Crippen LogP contribution is 2.22. The number of nitrogens with zero attached hydrogens (tertiary/aromatic N) is 3. The normalized spacial score (nSPS) is 26.9. The Morgan fingerprint density at radius 3 is 1.85 bits per heavy atom. The molecule has 2 heterocycles. The quantitative estimate of drug-likeness (QED) is 0.706. The maximum atomic E-state index is 13.0. The molecular weight excluding hydrogens is 397 g/mol. The molecule has 0 saturated carbocycles. The van der Waals surface area contributed by atoms with Crippen LogP contribution in [0.5, 0.6) is 0 Å². The Balaban J connectivity index is 1.68. The van der Waals surface area contributed by atoms with Gasteiger partial charge in [-0.1, -0.05) is 0 Å². The Morgan fingerprint density at radius 1 is 0.852 bits per heavy atom. The van der Waals surface area contributed by atoms with E-state index in [1.807, 2.05) is 13.8 Å². The van der Waals surface area contributed by atoms with Crippen molar-refractivity contribution in [3.8, 4) is 0 Å². The molecule has 27 heavy (non-hydrogen) atoms. The minimum atomic E-state index is -3.78. The Morgan fingerprint density at radius 2 is 1.33 bits per heavy atom. The third-order valence-corrected chi connectivity index (χ3v) is 8.57. The number of ether oxygens (including phenoxy) is 1. The van der Waals surface area contributed by atoms with E-state index in [9.17, 15) is 21.2 Å². The van der Waals surface area contributed by atoms with E-state index in [4.69, 9.17) is 4.74 Å². The number of morpholine rings is 1. The first-order valence-corrected chi connectivity index (χ1v) is 11.6. The highest BCUT2D eigenvalue weighted by molar-refractivity contribution is 7.89. The summed E-state index contributed by atoms with van der Waals surface area (Å²) >= 11 is 0. The molecule has 1 aromatic rings. The molecule has 0 aromatic heterocycles. The maximum Gasteiger partial charge on any atom is 0.282 e. The van der Waals surface area contributed by atoms with E-state index in [-0.39, 0.29) is 56.4 Å². The lowest BCUT2D eigenvalue weighted by molar-refractivity contribution is -0.0456. The van der Waals surface area contributed by atoms with E-state index in [1.54, 1.807) is 0 Å². The summed E-state index contributed by atoms with van der Waals surface area (Å²) in [7, 11) is -7.45. The Hall–Kier alpha value is -1.11. The molecule has 152 valence electrons. The zero-order valence-corrected chi connectivity index (χ0v) is 16.9. The van der Waals surface area contributed by atoms with Gasteiger partial charge in [0.05, 0.1) is 17.1 Å². The number of benzene rings is 1. The van der Waals surface area contributed by atoms with Crippen molar-refractivity contribution in [2.75, 3.05) is 39.3 Å². The van der Waals surface area contributed by atoms with Gasteiger partial charge in [-0.05, 0) is 38.1 Å². The van der Waals surface area contributed by atoms with E-state index in [1.165, 1.54) is 25.0 Å². The first-order valence-electron chi connectivity index (χ1n) is 8.77. The van der Waals surface area contributed by atoms with Gasteiger partial charge in [0.2, 0.25) is 10.0 Å². The van der Waals surface area contributed by atoms with Crippen molar-refractivity contribution in [3.05, 3.63) is 30.1 Å². The van der Waals surface area contributed by atoms with E-state index < -0.39 is 26.0 Å². The van der Waals surface area contributed by atoms with Crippen molar-refractivity contribution >= 4 is 20.2 Å². The maximum absolute atomic E-state index is 13.0. The van der Waals surface area contributed by atoms with Crippen molar-refractivity contribution in [2.45, 2.75) is 31.0 Å². The highest BCUT2D eigenvalue weighted by atomic mass is 32.2. The number of hydrogen-bond acceptors (Lipinski definition) is 5. The minimum absolute atomic E-state index is 0.00367. The Bertz CT molecular complexity index is 858. The van der Waals surface area contributed by atoms with Crippen LogP contribution in [0, 0.1) is 5.82 Å². The number of hydrogen-bond donors (Lipinski definition) is 0. The molecule has 1 aromatic carbocycles. The van der Waals surface area contributed by atoms with Crippen LogP contribution in [-0.4, -0.2) is 81.2 Å². The fourth-order valence-electron chi connectivity index (χ4n) is 3.38. The van der Waals surface area contributed by atoms with Crippen molar-refractivity contribution in [1.82, 2.24) is 12.9 Å². The second kappa shape index (κ2) is 7.72. The average molecular weight is 422 g/mol. The molecule has 0 radical (unpaired) electrons. The molecule has 2 saturated heterocycles. The predicted octanol–water partition coefficient (Wildman–Crippen LogP) is 0.486. The Labute approximate surface area is 159 Å². The highest BCUT2D eigenvalue weighted by Gasteiger charge is 2.38. The number of rotatable bonds is 4. The average Bonchev–Trinajstić information content (AvgIpc) is 2.61. The second-order valence-electron chi connectivity index (χ2n) is 6.84. The lowest BCUT2D eigenvalue weighted by Gasteiger charge is -2.39. The summed E-state index contributed by atoms with van der Waals surface area (Å²) in [4.78, 5) is -0.00367. The van der Waals surface area contributed by atoms with Crippen molar-refractivity contribution in [3.63, 3.8) is 0 Å². The molecule has 0 aliphatic carbocycles. The van der Waals surface area contributed by atoms with Crippen LogP contribution < -0.4 is 0 Å². The SMILES string of the molecule is C[C@H]1CN(S(=O)(=O)N2CCN(S(=O)(=O)c3ccc(F)cc3)CC2)C[C@H](C)O1. The van der Waals surface area contributed by atoms with Gasteiger partial charge in [-0.25, -0.2) is 12.8 Å². The molecule has 0 spiro atoms. The van der Waals surface area contributed by atoms with Gasteiger partial charge in [-0.15, -0.1) is 0 Å². The smallest absolute Gasteiger partial charge is 0.282 e. The first-order chi connectivity index (χ1) is 12.6. The number of piperazine rings is 1. The van der Waals surface area contributed by atoms with Crippen molar-refractivity contribution in [1.29, 1.82) is 0 Å². The van der Waals surface area contributed by atoms with E-state index in [0.717, 1.165) is 12.1 Å². The van der Waals surface area contributed by atoms with Crippen LogP contribution in [0.2, 0.25) is 0 Å². The molecule has 0 unspecified atom stereocenters. The third-order valence-electron chi connectivity index (χ3n) is 4.69. The van der Waals surface area contributed by atoms with Gasteiger partial charge in [-0.2, -0.15) is 21.3 Å².